The second-order valence-corrected chi connectivity index (χ2v) is 6.18. The average Bonchev–Trinajstić information content (AvgIpc) is 3.12. The first-order chi connectivity index (χ1) is 11.3. The van der Waals surface area contributed by atoms with E-state index in [0.717, 1.165) is 0 Å². The average molecular weight is 335 g/mol. The van der Waals surface area contributed by atoms with Gasteiger partial charge in [0.2, 0.25) is 0 Å². The summed E-state index contributed by atoms with van der Waals surface area (Å²) in [5, 5.41) is 18.8. The van der Waals surface area contributed by atoms with Crippen molar-refractivity contribution in [2.45, 2.75) is 6.42 Å². The Bertz CT molecular complexity index is 718. The van der Waals surface area contributed by atoms with Crippen LogP contribution >= 0.6 is 0 Å². The number of hydrogen-bond acceptors (Lipinski definition) is 5. The number of aliphatic carboxylic acids is 2. The zero-order valence-electron chi connectivity index (χ0n) is 13.2. The lowest BCUT2D eigenvalue weighted by atomic mass is 9.97. The van der Waals surface area contributed by atoms with Crippen LogP contribution in [0.4, 0.5) is 0 Å². The minimum absolute atomic E-state index is 0.0559. The highest BCUT2D eigenvalue weighted by Gasteiger charge is 2.81. The van der Waals surface area contributed by atoms with Crippen molar-refractivity contribution in [2.24, 2.45) is 10.8 Å². The van der Waals surface area contributed by atoms with Crippen LogP contribution in [0.25, 0.3) is 0 Å². The number of hydrogen-bond donors (Lipinski definition) is 2. The van der Waals surface area contributed by atoms with E-state index in [9.17, 15) is 24.6 Å². The maximum atomic E-state index is 12.7. The van der Waals surface area contributed by atoms with Gasteiger partial charge in [0, 0.05) is 18.7 Å². The number of ether oxygens (including phenoxy) is 2. The molecule has 0 bridgehead atoms. The third-order valence-electron chi connectivity index (χ3n) is 5.05. The van der Waals surface area contributed by atoms with E-state index >= 15 is 0 Å². The monoisotopic (exact) mass is 335 g/mol. The van der Waals surface area contributed by atoms with Crippen LogP contribution in [-0.2, 0) is 9.59 Å². The van der Waals surface area contributed by atoms with Crippen molar-refractivity contribution in [1.82, 2.24) is 4.90 Å². The molecule has 0 radical (unpaired) electrons. The summed E-state index contributed by atoms with van der Waals surface area (Å²) in [4.78, 5) is 37.0. The van der Waals surface area contributed by atoms with E-state index in [1.165, 1.54) is 31.3 Å². The normalized spacial score (nSPS) is 27.3. The fourth-order valence-corrected chi connectivity index (χ4v) is 3.58. The third-order valence-corrected chi connectivity index (χ3v) is 5.05. The summed E-state index contributed by atoms with van der Waals surface area (Å²) in [6.07, 6.45) is 0.0559. The molecule has 1 aliphatic heterocycles. The highest BCUT2D eigenvalue weighted by atomic mass is 16.5. The smallest absolute Gasteiger partial charge is 0.312 e. The maximum Gasteiger partial charge on any atom is 0.312 e. The van der Waals surface area contributed by atoms with Crippen LogP contribution in [0.1, 0.15) is 16.8 Å². The van der Waals surface area contributed by atoms with Gasteiger partial charge in [-0.15, -0.1) is 0 Å². The number of carbonyl (C=O) groups is 3. The number of carboxylic acid groups (broad SMARTS) is 2. The highest BCUT2D eigenvalue weighted by Crippen LogP contribution is 2.68. The molecular weight excluding hydrogens is 318 g/mol. The molecule has 0 aromatic heterocycles. The summed E-state index contributed by atoms with van der Waals surface area (Å²) < 4.78 is 10.3. The number of fused-ring (bicyclic) bond motifs is 1. The van der Waals surface area contributed by atoms with E-state index in [-0.39, 0.29) is 25.1 Å². The van der Waals surface area contributed by atoms with Crippen LogP contribution in [0.3, 0.4) is 0 Å². The molecular formula is C16H17NO7. The van der Waals surface area contributed by atoms with Gasteiger partial charge in [0.25, 0.3) is 5.91 Å². The molecule has 1 saturated heterocycles. The molecule has 128 valence electrons. The summed E-state index contributed by atoms with van der Waals surface area (Å²) in [5.74, 6) is -1.94. The van der Waals surface area contributed by atoms with Crippen molar-refractivity contribution in [2.75, 3.05) is 27.3 Å². The van der Waals surface area contributed by atoms with E-state index in [0.29, 0.717) is 11.5 Å². The van der Waals surface area contributed by atoms with Crippen LogP contribution in [0.5, 0.6) is 11.5 Å². The van der Waals surface area contributed by atoms with Gasteiger partial charge in [-0.1, -0.05) is 0 Å². The van der Waals surface area contributed by atoms with Crippen LogP contribution < -0.4 is 9.47 Å². The number of rotatable bonds is 5. The quantitative estimate of drug-likeness (QED) is 0.814. The summed E-state index contributed by atoms with van der Waals surface area (Å²) >= 11 is 0. The van der Waals surface area contributed by atoms with Crippen molar-refractivity contribution >= 4 is 17.8 Å². The van der Waals surface area contributed by atoms with Crippen LogP contribution in [0.15, 0.2) is 18.2 Å². The Kier molecular flexibility index (Phi) is 3.43. The number of benzene rings is 1. The first kappa shape index (κ1) is 16.1. The predicted octanol–water partition coefficient (Wildman–Crippen LogP) is 0.705. The van der Waals surface area contributed by atoms with Crippen LogP contribution in [0, 0.1) is 10.8 Å². The van der Waals surface area contributed by atoms with E-state index in [1.807, 2.05) is 0 Å². The molecule has 24 heavy (non-hydrogen) atoms. The summed E-state index contributed by atoms with van der Waals surface area (Å²) in [6.45, 7) is -0.219. The number of piperidine rings is 1. The van der Waals surface area contributed by atoms with Gasteiger partial charge in [-0.25, -0.2) is 0 Å². The molecule has 1 heterocycles. The molecule has 0 spiro atoms. The zero-order valence-corrected chi connectivity index (χ0v) is 13.2. The van der Waals surface area contributed by atoms with Gasteiger partial charge in [-0.2, -0.15) is 0 Å². The van der Waals surface area contributed by atoms with Crippen LogP contribution in [-0.4, -0.2) is 60.3 Å². The Morgan fingerprint density at radius 3 is 2.00 bits per heavy atom. The van der Waals surface area contributed by atoms with Crippen molar-refractivity contribution in [3.05, 3.63) is 23.8 Å². The Morgan fingerprint density at radius 1 is 1.00 bits per heavy atom. The van der Waals surface area contributed by atoms with Gasteiger partial charge in [0.1, 0.15) is 10.8 Å². The first-order valence-electron chi connectivity index (χ1n) is 7.29. The summed E-state index contributed by atoms with van der Waals surface area (Å²) in [7, 11) is 2.91. The molecule has 1 aromatic carbocycles. The maximum absolute atomic E-state index is 12.7. The lowest BCUT2D eigenvalue weighted by Crippen LogP contribution is -2.34. The number of amides is 1. The van der Waals surface area contributed by atoms with Crippen molar-refractivity contribution < 1.29 is 34.1 Å². The number of nitrogens with zero attached hydrogens (tertiary/aromatic N) is 1. The van der Waals surface area contributed by atoms with Crippen molar-refractivity contribution in [3.63, 3.8) is 0 Å². The Labute approximate surface area is 137 Å². The zero-order chi connectivity index (χ0) is 17.7. The van der Waals surface area contributed by atoms with E-state index in [2.05, 4.69) is 0 Å². The topological polar surface area (TPSA) is 113 Å². The summed E-state index contributed by atoms with van der Waals surface area (Å²) in [5.41, 5.74) is -2.48. The van der Waals surface area contributed by atoms with Gasteiger partial charge >= 0.3 is 11.9 Å². The Morgan fingerprint density at radius 2 is 1.54 bits per heavy atom. The fourth-order valence-electron chi connectivity index (χ4n) is 3.58. The fraction of sp³-hybridized carbons (Fsp3) is 0.438. The Balaban J connectivity index is 1.88. The van der Waals surface area contributed by atoms with E-state index in [1.54, 1.807) is 6.07 Å². The molecule has 1 aromatic rings. The molecule has 8 nitrogen and oxygen atoms in total. The van der Waals surface area contributed by atoms with Crippen molar-refractivity contribution in [3.8, 4) is 11.5 Å². The lowest BCUT2D eigenvalue weighted by molar-refractivity contribution is -0.151. The third kappa shape index (κ3) is 1.95. The highest BCUT2D eigenvalue weighted by molar-refractivity contribution is 6.00. The van der Waals surface area contributed by atoms with Gasteiger partial charge in [0.05, 0.1) is 14.2 Å². The second-order valence-electron chi connectivity index (χ2n) is 6.18. The minimum Gasteiger partial charge on any atom is -0.493 e. The Hall–Kier alpha value is -2.77. The van der Waals surface area contributed by atoms with E-state index in [4.69, 9.17) is 9.47 Å². The molecule has 1 saturated carbocycles. The summed E-state index contributed by atoms with van der Waals surface area (Å²) in [6, 6.07) is 4.60. The van der Waals surface area contributed by atoms with Gasteiger partial charge < -0.3 is 24.6 Å². The molecule has 2 fully saturated rings. The molecule has 0 unspecified atom stereocenters. The molecule has 1 amide bonds. The second kappa shape index (κ2) is 5.12. The minimum atomic E-state index is -1.38. The predicted molar refractivity (Wildman–Crippen MR) is 80.2 cm³/mol. The number of carboxylic acids is 2. The van der Waals surface area contributed by atoms with Crippen molar-refractivity contribution in [1.29, 1.82) is 0 Å². The number of methoxy groups -OCH3 is 2. The van der Waals surface area contributed by atoms with Gasteiger partial charge in [0.15, 0.2) is 11.5 Å². The lowest BCUT2D eigenvalue weighted by Gasteiger charge is -2.20. The molecule has 2 aliphatic rings. The first-order valence-corrected chi connectivity index (χ1v) is 7.29. The SMILES string of the molecule is COc1ccc(C(=O)N2C[C@@]3(C(=O)O)C[C@@]3(C(=O)O)C2)cc1OC. The van der Waals surface area contributed by atoms with Gasteiger partial charge in [-0.3, -0.25) is 14.4 Å². The van der Waals surface area contributed by atoms with E-state index < -0.39 is 28.7 Å². The largest absolute Gasteiger partial charge is 0.493 e. The number of likely N-dealkylation sites (tertiary alicyclic amines) is 1. The molecule has 2 atom stereocenters. The molecule has 1 aliphatic carbocycles. The van der Waals surface area contributed by atoms with Crippen LogP contribution in [0.2, 0.25) is 0 Å². The molecule has 2 N–H and O–H groups in total. The molecule has 8 heteroatoms. The standard InChI is InChI=1S/C16H17NO7/c1-23-10-4-3-9(5-11(10)24-2)12(18)17-7-15(13(19)20)6-16(15,8-17)14(21)22/h3-5H,6-8H2,1-2H3,(H,19,20)(H,21,22)/t15-,16+. The molecule has 3 rings (SSSR count). The number of carbonyl (C=O) groups excluding carboxylic acids is 1. The van der Waals surface area contributed by atoms with Gasteiger partial charge in [-0.05, 0) is 24.6 Å².